The van der Waals surface area contributed by atoms with Gasteiger partial charge in [0.2, 0.25) is 0 Å². The molecule has 0 heterocycles. The summed E-state index contributed by atoms with van der Waals surface area (Å²) in [6.07, 6.45) is 2.17. The minimum absolute atomic E-state index is 0.0554. The molecular formula is C22H21ClN2O3. The molecule has 144 valence electrons. The summed E-state index contributed by atoms with van der Waals surface area (Å²) in [5.74, 6) is -0.371. The largest absolute Gasteiger partial charge is 0.511 e. The summed E-state index contributed by atoms with van der Waals surface area (Å²) in [7, 11) is 0. The molecule has 0 bridgehead atoms. The van der Waals surface area contributed by atoms with E-state index in [1.807, 2.05) is 13.8 Å². The van der Waals surface area contributed by atoms with Crippen LogP contribution in [0.15, 0.2) is 64.9 Å². The van der Waals surface area contributed by atoms with Gasteiger partial charge in [0, 0.05) is 35.3 Å². The average Bonchev–Trinajstić information content (AvgIpc) is 2.60. The van der Waals surface area contributed by atoms with E-state index in [1.165, 1.54) is 6.21 Å². The molecule has 2 N–H and O–H groups in total. The van der Waals surface area contributed by atoms with Gasteiger partial charge >= 0.3 is 0 Å². The predicted molar refractivity (Wildman–Crippen MR) is 112 cm³/mol. The number of anilines is 1. The Hall–Kier alpha value is -2.92. The highest BCUT2D eigenvalue weighted by Gasteiger charge is 2.32. The molecule has 6 heteroatoms. The Morgan fingerprint density at radius 3 is 2.64 bits per heavy atom. The van der Waals surface area contributed by atoms with Gasteiger partial charge in [-0.2, -0.15) is 0 Å². The SMILES string of the molecule is CC1(C)CC(=O)C(C=Nc2cccc(C(=O)Nc3cccc(Cl)c3)c2)=C(O)C1. The van der Waals surface area contributed by atoms with Gasteiger partial charge in [0.1, 0.15) is 5.76 Å². The molecule has 2 aromatic rings. The van der Waals surface area contributed by atoms with Crippen molar-refractivity contribution in [2.75, 3.05) is 5.32 Å². The molecule has 1 aliphatic carbocycles. The summed E-state index contributed by atoms with van der Waals surface area (Å²) in [5.41, 5.74) is 1.50. The first-order chi connectivity index (χ1) is 13.2. The van der Waals surface area contributed by atoms with Crippen molar-refractivity contribution >= 4 is 40.9 Å². The van der Waals surface area contributed by atoms with Crippen LogP contribution in [-0.2, 0) is 4.79 Å². The van der Waals surface area contributed by atoms with Gasteiger partial charge in [-0.3, -0.25) is 14.6 Å². The van der Waals surface area contributed by atoms with Gasteiger partial charge in [-0.05, 0) is 41.8 Å². The van der Waals surface area contributed by atoms with E-state index in [4.69, 9.17) is 11.6 Å². The first kappa shape index (κ1) is 19.8. The molecule has 0 spiro atoms. The third-order valence-corrected chi connectivity index (χ3v) is 4.67. The van der Waals surface area contributed by atoms with Crippen molar-refractivity contribution in [1.82, 2.24) is 0 Å². The number of aliphatic hydroxyl groups excluding tert-OH is 1. The number of hydrogen-bond donors (Lipinski definition) is 2. The van der Waals surface area contributed by atoms with Crippen LogP contribution in [-0.4, -0.2) is 23.0 Å². The number of carbonyl (C=O) groups is 2. The molecule has 0 aliphatic heterocycles. The van der Waals surface area contributed by atoms with Crippen LogP contribution in [0.25, 0.3) is 0 Å². The first-order valence-corrected chi connectivity index (χ1v) is 9.28. The fourth-order valence-corrected chi connectivity index (χ4v) is 3.27. The van der Waals surface area contributed by atoms with Crippen molar-refractivity contribution in [2.24, 2.45) is 10.4 Å². The molecule has 0 saturated heterocycles. The molecule has 28 heavy (non-hydrogen) atoms. The van der Waals surface area contributed by atoms with Crippen molar-refractivity contribution in [3.63, 3.8) is 0 Å². The lowest BCUT2D eigenvalue weighted by Crippen LogP contribution is -2.26. The summed E-state index contributed by atoms with van der Waals surface area (Å²) in [6, 6.07) is 13.6. The van der Waals surface area contributed by atoms with Crippen LogP contribution in [0.2, 0.25) is 5.02 Å². The number of aliphatic hydroxyl groups is 1. The van der Waals surface area contributed by atoms with Gasteiger partial charge < -0.3 is 10.4 Å². The molecule has 0 saturated carbocycles. The second-order valence-corrected chi connectivity index (χ2v) is 8.01. The molecule has 3 rings (SSSR count). The average molecular weight is 397 g/mol. The van der Waals surface area contributed by atoms with Crippen molar-refractivity contribution in [2.45, 2.75) is 26.7 Å². The lowest BCUT2D eigenvalue weighted by molar-refractivity contribution is -0.117. The number of ketones is 1. The number of aliphatic imine (C=N–C) groups is 1. The Morgan fingerprint density at radius 2 is 1.93 bits per heavy atom. The quantitative estimate of drug-likeness (QED) is 0.670. The molecule has 5 nitrogen and oxygen atoms in total. The second kappa shape index (κ2) is 7.98. The lowest BCUT2D eigenvalue weighted by Gasteiger charge is -2.28. The Labute approximate surface area is 168 Å². The molecular weight excluding hydrogens is 376 g/mol. The highest BCUT2D eigenvalue weighted by molar-refractivity contribution is 6.31. The number of benzene rings is 2. The van der Waals surface area contributed by atoms with E-state index in [2.05, 4.69) is 10.3 Å². The maximum atomic E-state index is 12.4. The summed E-state index contributed by atoms with van der Waals surface area (Å²) in [6.45, 7) is 3.88. The van der Waals surface area contributed by atoms with Gasteiger partial charge in [0.05, 0.1) is 11.3 Å². The van der Waals surface area contributed by atoms with E-state index >= 15 is 0 Å². The number of halogens is 1. The summed E-state index contributed by atoms with van der Waals surface area (Å²) >= 11 is 5.93. The molecule has 1 amide bonds. The molecule has 0 unspecified atom stereocenters. The van der Waals surface area contributed by atoms with Crippen molar-refractivity contribution < 1.29 is 14.7 Å². The number of nitrogens with one attached hydrogen (secondary N) is 1. The summed E-state index contributed by atoms with van der Waals surface area (Å²) < 4.78 is 0. The van der Waals surface area contributed by atoms with Gasteiger partial charge in [-0.25, -0.2) is 0 Å². The highest BCUT2D eigenvalue weighted by atomic mass is 35.5. The number of amides is 1. The van der Waals surface area contributed by atoms with Gasteiger partial charge in [-0.1, -0.05) is 37.6 Å². The van der Waals surface area contributed by atoms with E-state index in [0.29, 0.717) is 34.8 Å². The molecule has 0 atom stereocenters. The Morgan fingerprint density at radius 1 is 1.18 bits per heavy atom. The number of carbonyl (C=O) groups excluding carboxylic acids is 2. The van der Waals surface area contributed by atoms with E-state index in [-0.39, 0.29) is 28.4 Å². The number of hydrogen-bond acceptors (Lipinski definition) is 4. The normalized spacial score (nSPS) is 16.5. The highest BCUT2D eigenvalue weighted by Crippen LogP contribution is 2.35. The standard InChI is InChI=1S/C22H21ClN2O3/c1-22(2)11-19(26)18(20(27)12-22)13-24-16-7-3-5-14(9-16)21(28)25-17-8-4-6-15(23)10-17/h3-10,13,26H,11-12H2,1-2H3,(H,25,28). The van der Waals surface area contributed by atoms with Crippen molar-refractivity contribution in [1.29, 1.82) is 0 Å². The fourth-order valence-electron chi connectivity index (χ4n) is 3.08. The smallest absolute Gasteiger partial charge is 0.255 e. The van der Waals surface area contributed by atoms with Crippen LogP contribution in [0.3, 0.4) is 0 Å². The van der Waals surface area contributed by atoms with E-state index in [1.54, 1.807) is 48.5 Å². The zero-order valence-electron chi connectivity index (χ0n) is 15.7. The second-order valence-electron chi connectivity index (χ2n) is 7.57. The topological polar surface area (TPSA) is 78.8 Å². The van der Waals surface area contributed by atoms with E-state index < -0.39 is 0 Å². The summed E-state index contributed by atoms with van der Waals surface area (Å²) in [5, 5.41) is 13.5. The minimum Gasteiger partial charge on any atom is -0.511 e. The molecule has 1 aliphatic rings. The van der Waals surface area contributed by atoms with Crippen LogP contribution in [0, 0.1) is 5.41 Å². The number of Topliss-reactive ketones (excluding diaryl/α,β-unsaturated/α-hetero) is 1. The molecule has 0 aromatic heterocycles. The number of nitrogens with zero attached hydrogens (tertiary/aromatic N) is 1. The molecule has 2 aromatic carbocycles. The maximum absolute atomic E-state index is 12.4. The summed E-state index contributed by atoms with van der Waals surface area (Å²) in [4.78, 5) is 29.0. The fraction of sp³-hybridized carbons (Fsp3) is 0.227. The molecule has 0 radical (unpaired) electrons. The Kier molecular flexibility index (Phi) is 5.66. The maximum Gasteiger partial charge on any atom is 0.255 e. The first-order valence-electron chi connectivity index (χ1n) is 8.90. The Balaban J connectivity index is 1.77. The molecule has 0 fully saturated rings. The third kappa shape index (κ3) is 4.87. The van der Waals surface area contributed by atoms with Crippen LogP contribution < -0.4 is 5.32 Å². The Bertz CT molecular complexity index is 993. The van der Waals surface area contributed by atoms with Gasteiger partial charge in [0.25, 0.3) is 5.91 Å². The third-order valence-electron chi connectivity index (χ3n) is 4.43. The predicted octanol–water partition coefficient (Wildman–Crippen LogP) is 5.50. The van der Waals surface area contributed by atoms with E-state index in [0.717, 1.165) is 0 Å². The van der Waals surface area contributed by atoms with Crippen LogP contribution in [0.1, 0.15) is 37.0 Å². The number of allylic oxidation sites excluding steroid dienone is 2. The van der Waals surface area contributed by atoms with Crippen molar-refractivity contribution in [3.05, 3.63) is 70.4 Å². The van der Waals surface area contributed by atoms with Crippen LogP contribution in [0.5, 0.6) is 0 Å². The monoisotopic (exact) mass is 396 g/mol. The lowest BCUT2D eigenvalue weighted by atomic mass is 9.77. The van der Waals surface area contributed by atoms with Crippen LogP contribution in [0.4, 0.5) is 11.4 Å². The van der Waals surface area contributed by atoms with Crippen LogP contribution >= 0.6 is 11.6 Å². The number of rotatable bonds is 4. The van der Waals surface area contributed by atoms with Gasteiger partial charge in [-0.15, -0.1) is 0 Å². The zero-order chi connectivity index (χ0) is 20.3. The van der Waals surface area contributed by atoms with E-state index in [9.17, 15) is 14.7 Å². The zero-order valence-corrected chi connectivity index (χ0v) is 16.5. The van der Waals surface area contributed by atoms with Gasteiger partial charge in [0.15, 0.2) is 5.78 Å². The van der Waals surface area contributed by atoms with Crippen molar-refractivity contribution in [3.8, 4) is 0 Å². The minimum atomic E-state index is -0.295.